The number of anilines is 3. The summed E-state index contributed by atoms with van der Waals surface area (Å²) in [5.74, 6) is 2.13. The molecule has 0 atom stereocenters. The first-order chi connectivity index (χ1) is 15.6. The lowest BCUT2D eigenvalue weighted by Gasteiger charge is -2.36. The minimum absolute atomic E-state index is 0.0596. The van der Waals surface area contributed by atoms with Gasteiger partial charge in [-0.1, -0.05) is 12.1 Å². The minimum atomic E-state index is -0.0596. The highest BCUT2D eigenvalue weighted by Crippen LogP contribution is 2.33. The molecule has 1 aliphatic heterocycles. The third-order valence-corrected chi connectivity index (χ3v) is 6.12. The first-order valence-corrected chi connectivity index (χ1v) is 11.1. The van der Waals surface area contributed by atoms with Gasteiger partial charge in [0.15, 0.2) is 5.13 Å². The van der Waals surface area contributed by atoms with E-state index in [0.29, 0.717) is 35.4 Å². The van der Waals surface area contributed by atoms with Gasteiger partial charge in [0, 0.05) is 37.6 Å². The predicted molar refractivity (Wildman–Crippen MR) is 126 cm³/mol. The van der Waals surface area contributed by atoms with E-state index in [1.807, 2.05) is 41.3 Å². The maximum Gasteiger partial charge on any atom is 0.273 e. The van der Waals surface area contributed by atoms with Gasteiger partial charge >= 0.3 is 0 Å². The Labute approximate surface area is 191 Å². The molecule has 2 aromatic carbocycles. The van der Waals surface area contributed by atoms with Gasteiger partial charge in [0.1, 0.15) is 22.9 Å². The van der Waals surface area contributed by atoms with Crippen LogP contribution in [0.15, 0.2) is 47.8 Å². The lowest BCUT2D eigenvalue weighted by molar-refractivity contribution is 0.0741. The molecule has 9 heteroatoms. The molecular weight excluding hydrogens is 428 g/mol. The van der Waals surface area contributed by atoms with Crippen molar-refractivity contribution in [3.63, 3.8) is 0 Å². The molecule has 0 radical (unpaired) electrons. The highest BCUT2D eigenvalue weighted by molar-refractivity contribution is 7.14. The Morgan fingerprint density at radius 2 is 1.72 bits per heavy atom. The Morgan fingerprint density at radius 1 is 0.969 bits per heavy atom. The number of rotatable bonds is 7. The number of nitrogens with zero attached hydrogens (tertiary/aromatic N) is 3. The highest BCUT2D eigenvalue weighted by Gasteiger charge is 2.25. The topological polar surface area (TPSA) is 76.2 Å². The van der Waals surface area contributed by atoms with E-state index in [1.165, 1.54) is 11.3 Å². The standard InChI is InChI=1S/C23H26N4O4S/c1-29-16-8-9-17(21(14-16)31-3)24-23-25-18(15-32-23)22(28)27-12-10-26(11-13-27)19-6-4-5-7-20(19)30-2/h4-9,14-15H,10-13H2,1-3H3,(H,24,25). The van der Waals surface area contributed by atoms with Crippen LogP contribution in [-0.4, -0.2) is 63.3 Å². The summed E-state index contributed by atoms with van der Waals surface area (Å²) in [5, 5.41) is 5.64. The van der Waals surface area contributed by atoms with Crippen LogP contribution in [0, 0.1) is 0 Å². The van der Waals surface area contributed by atoms with Crippen LogP contribution < -0.4 is 24.4 Å². The van der Waals surface area contributed by atoms with E-state index in [1.54, 1.807) is 32.8 Å². The molecule has 1 saturated heterocycles. The Hall–Kier alpha value is -3.46. The largest absolute Gasteiger partial charge is 0.497 e. The van der Waals surface area contributed by atoms with Gasteiger partial charge in [-0.15, -0.1) is 11.3 Å². The van der Waals surface area contributed by atoms with Crippen molar-refractivity contribution in [2.24, 2.45) is 0 Å². The van der Waals surface area contributed by atoms with Gasteiger partial charge in [-0.2, -0.15) is 0 Å². The van der Waals surface area contributed by atoms with Crippen molar-refractivity contribution in [1.29, 1.82) is 0 Å². The second kappa shape index (κ2) is 9.78. The van der Waals surface area contributed by atoms with Crippen molar-refractivity contribution in [3.05, 3.63) is 53.5 Å². The molecule has 2 heterocycles. The maximum absolute atomic E-state index is 13.0. The van der Waals surface area contributed by atoms with Gasteiger partial charge < -0.3 is 29.3 Å². The van der Waals surface area contributed by atoms with E-state index in [-0.39, 0.29) is 5.91 Å². The molecule has 0 spiro atoms. The number of benzene rings is 2. The number of hydrogen-bond donors (Lipinski definition) is 1. The van der Waals surface area contributed by atoms with Gasteiger partial charge in [0.2, 0.25) is 0 Å². The summed E-state index contributed by atoms with van der Waals surface area (Å²) in [5.41, 5.74) is 2.25. The summed E-state index contributed by atoms with van der Waals surface area (Å²) < 4.78 is 16.1. The number of piperazine rings is 1. The summed E-state index contributed by atoms with van der Waals surface area (Å²) in [6.45, 7) is 2.74. The van der Waals surface area contributed by atoms with Crippen molar-refractivity contribution >= 4 is 33.8 Å². The fourth-order valence-electron chi connectivity index (χ4n) is 3.65. The number of amides is 1. The fourth-order valence-corrected chi connectivity index (χ4v) is 4.35. The van der Waals surface area contributed by atoms with Crippen molar-refractivity contribution in [3.8, 4) is 17.2 Å². The zero-order chi connectivity index (χ0) is 22.5. The SMILES string of the molecule is COc1ccc(Nc2nc(C(=O)N3CCN(c4ccccc4OC)CC3)cs2)c(OC)c1. The van der Waals surface area contributed by atoms with Crippen LogP contribution in [-0.2, 0) is 0 Å². The van der Waals surface area contributed by atoms with E-state index in [4.69, 9.17) is 14.2 Å². The van der Waals surface area contributed by atoms with E-state index in [2.05, 4.69) is 15.2 Å². The van der Waals surface area contributed by atoms with Crippen LogP contribution >= 0.6 is 11.3 Å². The van der Waals surface area contributed by atoms with Crippen LogP contribution in [0.4, 0.5) is 16.5 Å². The van der Waals surface area contributed by atoms with Crippen LogP contribution in [0.1, 0.15) is 10.5 Å². The van der Waals surface area contributed by atoms with E-state index in [0.717, 1.165) is 30.2 Å². The monoisotopic (exact) mass is 454 g/mol. The number of para-hydroxylation sites is 2. The van der Waals surface area contributed by atoms with Crippen molar-refractivity contribution < 1.29 is 19.0 Å². The quantitative estimate of drug-likeness (QED) is 0.581. The maximum atomic E-state index is 13.0. The second-order valence-electron chi connectivity index (χ2n) is 7.18. The average Bonchev–Trinajstić information content (AvgIpc) is 3.32. The van der Waals surface area contributed by atoms with Crippen LogP contribution in [0.5, 0.6) is 17.2 Å². The molecule has 0 bridgehead atoms. The fraction of sp³-hybridized carbons (Fsp3) is 0.304. The van der Waals surface area contributed by atoms with E-state index < -0.39 is 0 Å². The number of nitrogens with one attached hydrogen (secondary N) is 1. The first kappa shape index (κ1) is 21.8. The van der Waals surface area contributed by atoms with Crippen molar-refractivity contribution in [2.45, 2.75) is 0 Å². The third kappa shape index (κ3) is 4.57. The van der Waals surface area contributed by atoms with Crippen molar-refractivity contribution in [2.75, 3.05) is 57.7 Å². The third-order valence-electron chi connectivity index (χ3n) is 5.37. The Bertz CT molecular complexity index is 1080. The summed E-state index contributed by atoms with van der Waals surface area (Å²) >= 11 is 1.38. The smallest absolute Gasteiger partial charge is 0.273 e. The average molecular weight is 455 g/mol. The summed E-state index contributed by atoms with van der Waals surface area (Å²) in [6, 6.07) is 13.4. The molecule has 0 saturated carbocycles. The van der Waals surface area contributed by atoms with E-state index in [9.17, 15) is 4.79 Å². The van der Waals surface area contributed by atoms with Gasteiger partial charge in [-0.05, 0) is 24.3 Å². The lowest BCUT2D eigenvalue weighted by atomic mass is 10.2. The number of aromatic nitrogens is 1. The lowest BCUT2D eigenvalue weighted by Crippen LogP contribution is -2.49. The molecule has 32 heavy (non-hydrogen) atoms. The molecule has 1 N–H and O–H groups in total. The van der Waals surface area contributed by atoms with E-state index >= 15 is 0 Å². The van der Waals surface area contributed by atoms with Gasteiger partial charge in [0.05, 0.1) is 32.7 Å². The minimum Gasteiger partial charge on any atom is -0.497 e. The summed E-state index contributed by atoms with van der Waals surface area (Å²) in [4.78, 5) is 21.6. The normalized spacial score (nSPS) is 13.6. The Balaban J connectivity index is 1.39. The molecule has 4 rings (SSSR count). The second-order valence-corrected chi connectivity index (χ2v) is 8.04. The molecule has 1 fully saturated rings. The first-order valence-electron chi connectivity index (χ1n) is 10.2. The Morgan fingerprint density at radius 3 is 2.44 bits per heavy atom. The summed E-state index contributed by atoms with van der Waals surface area (Å²) in [6.07, 6.45) is 0. The molecule has 8 nitrogen and oxygen atoms in total. The van der Waals surface area contributed by atoms with Gasteiger partial charge in [-0.3, -0.25) is 4.79 Å². The molecule has 168 valence electrons. The molecule has 0 unspecified atom stereocenters. The molecule has 1 aliphatic rings. The molecule has 1 amide bonds. The summed E-state index contributed by atoms with van der Waals surface area (Å²) in [7, 11) is 4.88. The number of thiazole rings is 1. The van der Waals surface area contributed by atoms with Crippen molar-refractivity contribution in [1.82, 2.24) is 9.88 Å². The number of ether oxygens (including phenoxy) is 3. The van der Waals surface area contributed by atoms with Crippen LogP contribution in [0.2, 0.25) is 0 Å². The zero-order valence-electron chi connectivity index (χ0n) is 18.3. The predicted octanol–water partition coefficient (Wildman–Crippen LogP) is 3.87. The van der Waals surface area contributed by atoms with Crippen LogP contribution in [0.25, 0.3) is 0 Å². The molecular formula is C23H26N4O4S. The number of carbonyl (C=O) groups excluding carboxylic acids is 1. The zero-order valence-corrected chi connectivity index (χ0v) is 19.1. The number of carbonyl (C=O) groups is 1. The molecule has 3 aromatic rings. The number of hydrogen-bond acceptors (Lipinski definition) is 8. The molecule has 0 aliphatic carbocycles. The van der Waals surface area contributed by atoms with Crippen LogP contribution in [0.3, 0.4) is 0 Å². The van der Waals surface area contributed by atoms with Gasteiger partial charge in [0.25, 0.3) is 5.91 Å². The van der Waals surface area contributed by atoms with Gasteiger partial charge in [-0.25, -0.2) is 4.98 Å². The number of methoxy groups -OCH3 is 3. The highest BCUT2D eigenvalue weighted by atomic mass is 32.1. The molecule has 1 aromatic heterocycles. The Kier molecular flexibility index (Phi) is 6.65.